The second-order valence-electron chi connectivity index (χ2n) is 4.47. The SMILES string of the molecule is C[C@H](N)c1ccc(OCc2cccc(F)c2F)cc1F. The molecule has 5 heteroatoms. The van der Waals surface area contributed by atoms with Crippen molar-refractivity contribution < 1.29 is 17.9 Å². The van der Waals surface area contributed by atoms with Crippen LogP contribution in [-0.4, -0.2) is 0 Å². The highest BCUT2D eigenvalue weighted by atomic mass is 19.2. The van der Waals surface area contributed by atoms with Crippen molar-refractivity contribution in [3.63, 3.8) is 0 Å². The quantitative estimate of drug-likeness (QED) is 0.927. The molecule has 0 aliphatic heterocycles. The van der Waals surface area contributed by atoms with Gasteiger partial charge in [-0.05, 0) is 19.1 Å². The first-order chi connectivity index (χ1) is 9.49. The smallest absolute Gasteiger partial charge is 0.165 e. The lowest BCUT2D eigenvalue weighted by Gasteiger charge is -2.11. The molecule has 20 heavy (non-hydrogen) atoms. The van der Waals surface area contributed by atoms with Crippen molar-refractivity contribution in [3.05, 3.63) is 65.0 Å². The van der Waals surface area contributed by atoms with E-state index in [0.29, 0.717) is 5.56 Å². The van der Waals surface area contributed by atoms with E-state index in [1.54, 1.807) is 13.0 Å². The summed E-state index contributed by atoms with van der Waals surface area (Å²) in [5.74, 6) is -2.16. The zero-order valence-electron chi connectivity index (χ0n) is 10.9. The van der Waals surface area contributed by atoms with Gasteiger partial charge in [-0.1, -0.05) is 18.2 Å². The van der Waals surface area contributed by atoms with Gasteiger partial charge in [-0.2, -0.15) is 0 Å². The van der Waals surface area contributed by atoms with Crippen LogP contribution in [0.25, 0.3) is 0 Å². The van der Waals surface area contributed by atoms with Gasteiger partial charge in [0.1, 0.15) is 18.2 Å². The van der Waals surface area contributed by atoms with Crippen molar-refractivity contribution in [3.8, 4) is 5.75 Å². The zero-order valence-corrected chi connectivity index (χ0v) is 10.9. The molecule has 2 rings (SSSR count). The van der Waals surface area contributed by atoms with E-state index in [4.69, 9.17) is 10.5 Å². The van der Waals surface area contributed by atoms with E-state index >= 15 is 0 Å². The second kappa shape index (κ2) is 5.96. The monoisotopic (exact) mass is 281 g/mol. The van der Waals surface area contributed by atoms with Crippen LogP contribution >= 0.6 is 0 Å². The van der Waals surface area contributed by atoms with Crippen molar-refractivity contribution in [1.82, 2.24) is 0 Å². The van der Waals surface area contributed by atoms with E-state index in [9.17, 15) is 13.2 Å². The van der Waals surface area contributed by atoms with Crippen LogP contribution in [0.1, 0.15) is 24.1 Å². The summed E-state index contributed by atoms with van der Waals surface area (Å²) in [6.07, 6.45) is 0. The first kappa shape index (κ1) is 14.4. The van der Waals surface area contributed by atoms with Gasteiger partial charge in [0, 0.05) is 23.2 Å². The molecule has 0 heterocycles. The molecule has 0 aliphatic carbocycles. The van der Waals surface area contributed by atoms with Crippen LogP contribution in [0.5, 0.6) is 5.75 Å². The van der Waals surface area contributed by atoms with Crippen molar-refractivity contribution >= 4 is 0 Å². The molecule has 0 saturated heterocycles. The molecule has 2 aromatic carbocycles. The fraction of sp³-hybridized carbons (Fsp3) is 0.200. The number of nitrogens with two attached hydrogens (primary N) is 1. The summed E-state index contributed by atoms with van der Waals surface area (Å²) in [6.45, 7) is 1.49. The third-order valence-electron chi connectivity index (χ3n) is 2.89. The van der Waals surface area contributed by atoms with Crippen molar-refractivity contribution in [1.29, 1.82) is 0 Å². The van der Waals surface area contributed by atoms with Gasteiger partial charge in [-0.3, -0.25) is 0 Å². The van der Waals surface area contributed by atoms with Crippen LogP contribution in [-0.2, 0) is 6.61 Å². The minimum absolute atomic E-state index is 0.0710. The standard InChI is InChI=1S/C15H14F3NO/c1-9(19)12-6-5-11(7-14(12)17)20-8-10-3-2-4-13(16)15(10)18/h2-7,9H,8,19H2,1H3/t9-/m0/s1. The average molecular weight is 281 g/mol. The molecule has 0 spiro atoms. The number of rotatable bonds is 4. The minimum Gasteiger partial charge on any atom is -0.489 e. The Morgan fingerprint density at radius 3 is 2.50 bits per heavy atom. The summed E-state index contributed by atoms with van der Waals surface area (Å²) in [4.78, 5) is 0. The lowest BCUT2D eigenvalue weighted by molar-refractivity contribution is 0.295. The largest absolute Gasteiger partial charge is 0.489 e. The minimum atomic E-state index is -0.958. The Balaban J connectivity index is 2.11. The molecule has 0 aromatic heterocycles. The highest BCUT2D eigenvalue weighted by Gasteiger charge is 2.10. The zero-order chi connectivity index (χ0) is 14.7. The van der Waals surface area contributed by atoms with Gasteiger partial charge in [0.2, 0.25) is 0 Å². The molecule has 2 nitrogen and oxygen atoms in total. The van der Waals surface area contributed by atoms with Crippen LogP contribution in [0.4, 0.5) is 13.2 Å². The summed E-state index contributed by atoms with van der Waals surface area (Å²) < 4.78 is 45.3. The van der Waals surface area contributed by atoms with Crippen molar-refractivity contribution in [2.75, 3.05) is 0 Å². The number of hydrogen-bond acceptors (Lipinski definition) is 2. The Morgan fingerprint density at radius 1 is 1.10 bits per heavy atom. The van der Waals surface area contributed by atoms with Crippen LogP contribution in [0.15, 0.2) is 36.4 Å². The fourth-order valence-corrected chi connectivity index (χ4v) is 1.79. The third kappa shape index (κ3) is 3.11. The molecule has 1 atom stereocenters. The number of ether oxygens (including phenoxy) is 1. The normalized spacial score (nSPS) is 12.2. The van der Waals surface area contributed by atoms with Gasteiger partial charge >= 0.3 is 0 Å². The summed E-state index contributed by atoms with van der Waals surface area (Å²) in [5, 5.41) is 0. The molecule has 0 bridgehead atoms. The molecule has 0 unspecified atom stereocenters. The van der Waals surface area contributed by atoms with Gasteiger partial charge in [0.25, 0.3) is 0 Å². The molecule has 2 aromatic rings. The average Bonchev–Trinajstić information content (AvgIpc) is 2.40. The molecular weight excluding hydrogens is 267 g/mol. The van der Waals surface area contributed by atoms with E-state index in [-0.39, 0.29) is 17.9 Å². The maximum absolute atomic E-state index is 13.7. The van der Waals surface area contributed by atoms with Gasteiger partial charge in [0.05, 0.1) is 0 Å². The van der Waals surface area contributed by atoms with Gasteiger partial charge in [0.15, 0.2) is 11.6 Å². The van der Waals surface area contributed by atoms with E-state index in [2.05, 4.69) is 0 Å². The molecular formula is C15H14F3NO. The lowest BCUT2D eigenvalue weighted by atomic mass is 10.1. The predicted molar refractivity (Wildman–Crippen MR) is 69.7 cm³/mol. The van der Waals surface area contributed by atoms with Crippen LogP contribution in [0, 0.1) is 17.5 Å². The lowest BCUT2D eigenvalue weighted by Crippen LogP contribution is -2.07. The Kier molecular flexibility index (Phi) is 4.29. The van der Waals surface area contributed by atoms with Crippen LogP contribution in [0.3, 0.4) is 0 Å². The molecule has 0 fully saturated rings. The Hall–Kier alpha value is -2.01. The van der Waals surface area contributed by atoms with Crippen LogP contribution < -0.4 is 10.5 Å². The molecule has 2 N–H and O–H groups in total. The summed E-state index contributed by atoms with van der Waals surface area (Å²) in [6, 6.07) is 7.62. The molecule has 0 amide bonds. The summed E-state index contributed by atoms with van der Waals surface area (Å²) >= 11 is 0. The number of halogens is 3. The van der Waals surface area contributed by atoms with Gasteiger partial charge in [-0.15, -0.1) is 0 Å². The molecule has 0 aliphatic rings. The Labute approximate surface area is 115 Å². The first-order valence-corrected chi connectivity index (χ1v) is 6.09. The van der Waals surface area contributed by atoms with Crippen molar-refractivity contribution in [2.24, 2.45) is 5.73 Å². The summed E-state index contributed by atoms with van der Waals surface area (Å²) in [5.41, 5.74) is 6.03. The third-order valence-corrected chi connectivity index (χ3v) is 2.89. The van der Waals surface area contributed by atoms with Crippen LogP contribution in [0.2, 0.25) is 0 Å². The number of hydrogen-bond donors (Lipinski definition) is 1. The predicted octanol–water partition coefficient (Wildman–Crippen LogP) is 3.70. The number of benzene rings is 2. The van der Waals surface area contributed by atoms with E-state index < -0.39 is 23.5 Å². The molecule has 0 radical (unpaired) electrons. The highest BCUT2D eigenvalue weighted by Crippen LogP contribution is 2.22. The summed E-state index contributed by atoms with van der Waals surface area (Å²) in [7, 11) is 0. The second-order valence-corrected chi connectivity index (χ2v) is 4.47. The molecule has 106 valence electrons. The van der Waals surface area contributed by atoms with Gasteiger partial charge in [-0.25, -0.2) is 13.2 Å². The Morgan fingerprint density at radius 2 is 1.85 bits per heavy atom. The first-order valence-electron chi connectivity index (χ1n) is 6.09. The van der Waals surface area contributed by atoms with E-state index in [0.717, 1.165) is 6.07 Å². The van der Waals surface area contributed by atoms with Gasteiger partial charge < -0.3 is 10.5 Å². The van der Waals surface area contributed by atoms with E-state index in [1.807, 2.05) is 0 Å². The highest BCUT2D eigenvalue weighted by molar-refractivity contribution is 5.31. The fourth-order valence-electron chi connectivity index (χ4n) is 1.79. The Bertz CT molecular complexity index is 614. The maximum Gasteiger partial charge on any atom is 0.165 e. The van der Waals surface area contributed by atoms with E-state index in [1.165, 1.54) is 24.3 Å². The maximum atomic E-state index is 13.7. The molecule has 0 saturated carbocycles. The topological polar surface area (TPSA) is 35.2 Å². The van der Waals surface area contributed by atoms with Crippen molar-refractivity contribution in [2.45, 2.75) is 19.6 Å².